The number of rotatable bonds is 5. The molecular weight excluding hydrogens is 128 g/mol. The summed E-state index contributed by atoms with van der Waals surface area (Å²) in [6.07, 6.45) is 6.85. The van der Waals surface area contributed by atoms with Gasteiger partial charge in [-0.2, -0.15) is 0 Å². The van der Waals surface area contributed by atoms with E-state index in [1.807, 2.05) is 19.1 Å². The lowest BCUT2D eigenvalue weighted by atomic mass is 10.2. The van der Waals surface area contributed by atoms with Crippen molar-refractivity contribution in [1.29, 1.82) is 0 Å². The van der Waals surface area contributed by atoms with Gasteiger partial charge in [0.1, 0.15) is 0 Å². The van der Waals surface area contributed by atoms with Gasteiger partial charge in [-0.25, -0.2) is 0 Å². The topological polar surface area (TPSA) is 40.1 Å². The van der Waals surface area contributed by atoms with E-state index in [0.717, 1.165) is 19.3 Å². The maximum absolute atomic E-state index is 9.90. The van der Waals surface area contributed by atoms with Gasteiger partial charge < -0.3 is 9.90 Å². The maximum Gasteiger partial charge on any atom is 0.0414 e. The normalized spacial score (nSPS) is 10.5. The second kappa shape index (κ2) is 6.33. The first-order valence-electron chi connectivity index (χ1n) is 3.58. The van der Waals surface area contributed by atoms with Crippen LogP contribution in [0.2, 0.25) is 0 Å². The number of carboxylic acids is 1. The number of hydrogen-bond acceptors (Lipinski definition) is 2. The molecule has 0 atom stereocenters. The van der Waals surface area contributed by atoms with Crippen LogP contribution in [-0.4, -0.2) is 5.97 Å². The van der Waals surface area contributed by atoms with Gasteiger partial charge in [-0.3, -0.25) is 0 Å². The maximum atomic E-state index is 9.90. The number of carboxylic acid groups (broad SMARTS) is 1. The van der Waals surface area contributed by atoms with Crippen LogP contribution in [0.5, 0.6) is 0 Å². The molecule has 0 bridgehead atoms. The largest absolute Gasteiger partial charge is 0.550 e. The zero-order valence-corrected chi connectivity index (χ0v) is 6.30. The fourth-order valence-electron chi connectivity index (χ4n) is 0.698. The zero-order valence-electron chi connectivity index (χ0n) is 6.30. The van der Waals surface area contributed by atoms with Gasteiger partial charge >= 0.3 is 0 Å². The second-order valence-corrected chi connectivity index (χ2v) is 2.19. The summed E-state index contributed by atoms with van der Waals surface area (Å²) in [6.45, 7) is 1.96. The molecule has 0 spiro atoms. The van der Waals surface area contributed by atoms with Crippen LogP contribution in [0.15, 0.2) is 12.2 Å². The molecule has 0 aromatic heterocycles. The highest BCUT2D eigenvalue weighted by molar-refractivity contribution is 5.64. The van der Waals surface area contributed by atoms with Crippen LogP contribution < -0.4 is 5.11 Å². The van der Waals surface area contributed by atoms with Crippen molar-refractivity contribution in [1.82, 2.24) is 0 Å². The molecule has 0 saturated carbocycles. The van der Waals surface area contributed by atoms with Gasteiger partial charge in [0.15, 0.2) is 0 Å². The molecule has 0 saturated heterocycles. The molecule has 0 aliphatic rings. The van der Waals surface area contributed by atoms with Crippen LogP contribution in [-0.2, 0) is 4.79 Å². The first-order valence-corrected chi connectivity index (χ1v) is 3.58. The highest BCUT2D eigenvalue weighted by Gasteiger charge is 1.85. The Morgan fingerprint density at radius 2 is 2.20 bits per heavy atom. The fourth-order valence-corrected chi connectivity index (χ4v) is 0.698. The first kappa shape index (κ1) is 9.21. The van der Waals surface area contributed by atoms with Gasteiger partial charge in [-0.1, -0.05) is 12.2 Å². The molecule has 0 fully saturated rings. The summed E-state index contributed by atoms with van der Waals surface area (Å²) >= 11 is 0. The summed E-state index contributed by atoms with van der Waals surface area (Å²) in [6, 6.07) is 0. The van der Waals surface area contributed by atoms with Gasteiger partial charge in [0, 0.05) is 5.97 Å². The van der Waals surface area contributed by atoms with Crippen molar-refractivity contribution < 1.29 is 9.90 Å². The molecule has 2 nitrogen and oxygen atoms in total. The molecule has 0 aliphatic heterocycles. The number of allylic oxidation sites excluding steroid dienone is 2. The predicted octanol–water partition coefficient (Wildman–Crippen LogP) is 0.873. The van der Waals surface area contributed by atoms with E-state index < -0.39 is 5.97 Å². The van der Waals surface area contributed by atoms with Crippen LogP contribution in [0.1, 0.15) is 32.6 Å². The van der Waals surface area contributed by atoms with Crippen molar-refractivity contribution in [2.75, 3.05) is 0 Å². The number of hydrogen-bond donors (Lipinski definition) is 0. The van der Waals surface area contributed by atoms with E-state index in [9.17, 15) is 9.90 Å². The molecule has 58 valence electrons. The lowest BCUT2D eigenvalue weighted by molar-refractivity contribution is -0.305. The quantitative estimate of drug-likeness (QED) is 0.421. The smallest absolute Gasteiger partial charge is 0.0414 e. The van der Waals surface area contributed by atoms with E-state index in [-0.39, 0.29) is 6.42 Å². The molecule has 0 aromatic carbocycles. The lowest BCUT2D eigenvalue weighted by Gasteiger charge is -1.98. The third-order valence-corrected chi connectivity index (χ3v) is 1.24. The molecule has 0 aliphatic carbocycles. The molecule has 0 amide bonds. The Hall–Kier alpha value is -0.790. The summed E-state index contributed by atoms with van der Waals surface area (Å²) in [5, 5.41) is 9.90. The number of carbonyl (C=O) groups excluding carboxylic acids is 1. The van der Waals surface area contributed by atoms with Crippen molar-refractivity contribution >= 4 is 5.97 Å². The molecule has 0 rings (SSSR count). The highest BCUT2D eigenvalue weighted by Crippen LogP contribution is 1.99. The summed E-state index contributed by atoms with van der Waals surface area (Å²) < 4.78 is 0. The molecule has 0 unspecified atom stereocenters. The minimum atomic E-state index is -0.944. The van der Waals surface area contributed by atoms with E-state index in [2.05, 4.69) is 0 Å². The van der Waals surface area contributed by atoms with Crippen LogP contribution in [0.25, 0.3) is 0 Å². The number of aliphatic carboxylic acids is 1. The van der Waals surface area contributed by atoms with Gasteiger partial charge in [0.2, 0.25) is 0 Å². The third-order valence-electron chi connectivity index (χ3n) is 1.24. The van der Waals surface area contributed by atoms with Crippen molar-refractivity contribution in [3.63, 3.8) is 0 Å². The minimum absolute atomic E-state index is 0.192. The molecule has 0 N–H and O–H groups in total. The molecule has 2 heteroatoms. The van der Waals surface area contributed by atoms with E-state index >= 15 is 0 Å². The summed E-state index contributed by atoms with van der Waals surface area (Å²) in [4.78, 5) is 9.90. The monoisotopic (exact) mass is 141 g/mol. The van der Waals surface area contributed by atoms with E-state index in [1.165, 1.54) is 0 Å². The summed E-state index contributed by atoms with van der Waals surface area (Å²) in [5.74, 6) is -0.944. The van der Waals surface area contributed by atoms with Gasteiger partial charge in [0.05, 0.1) is 0 Å². The molecule has 0 heterocycles. The molecule has 0 radical (unpaired) electrons. The van der Waals surface area contributed by atoms with Gasteiger partial charge in [-0.15, -0.1) is 0 Å². The third kappa shape index (κ3) is 7.21. The Balaban J connectivity index is 2.98. The Morgan fingerprint density at radius 1 is 1.50 bits per heavy atom. The van der Waals surface area contributed by atoms with Crippen molar-refractivity contribution in [2.45, 2.75) is 32.6 Å². The van der Waals surface area contributed by atoms with Crippen molar-refractivity contribution in [3.8, 4) is 0 Å². The standard InChI is InChI=1S/C8H14O2/c1-2-3-4-5-6-7-8(9)10/h2-3H,4-7H2,1H3,(H,9,10)/p-1/b3-2+. The van der Waals surface area contributed by atoms with Crippen LogP contribution >= 0.6 is 0 Å². The average Bonchev–Trinajstić information content (AvgIpc) is 1.87. The van der Waals surface area contributed by atoms with E-state index in [4.69, 9.17) is 0 Å². The average molecular weight is 141 g/mol. The number of unbranched alkanes of at least 4 members (excludes halogenated alkanes) is 2. The van der Waals surface area contributed by atoms with Crippen LogP contribution in [0.4, 0.5) is 0 Å². The predicted molar refractivity (Wildman–Crippen MR) is 38.3 cm³/mol. The van der Waals surface area contributed by atoms with Crippen LogP contribution in [0.3, 0.4) is 0 Å². The lowest BCUT2D eigenvalue weighted by Crippen LogP contribution is -2.21. The summed E-state index contributed by atoms with van der Waals surface area (Å²) in [7, 11) is 0. The Bertz CT molecular complexity index is 116. The van der Waals surface area contributed by atoms with Crippen molar-refractivity contribution in [3.05, 3.63) is 12.2 Å². The summed E-state index contributed by atoms with van der Waals surface area (Å²) in [5.41, 5.74) is 0. The number of carbonyl (C=O) groups is 1. The Kier molecular flexibility index (Phi) is 5.83. The SMILES string of the molecule is C/C=C/CCCCC(=O)[O-]. The Labute approximate surface area is 61.6 Å². The first-order chi connectivity index (χ1) is 4.77. The Morgan fingerprint density at radius 3 is 2.70 bits per heavy atom. The fraction of sp³-hybridized carbons (Fsp3) is 0.625. The van der Waals surface area contributed by atoms with Gasteiger partial charge in [-0.05, 0) is 32.6 Å². The molecular formula is C8H13O2-. The van der Waals surface area contributed by atoms with Crippen LogP contribution in [0, 0.1) is 0 Å². The molecule has 10 heavy (non-hydrogen) atoms. The van der Waals surface area contributed by atoms with Crippen molar-refractivity contribution in [2.24, 2.45) is 0 Å². The minimum Gasteiger partial charge on any atom is -0.550 e. The van der Waals surface area contributed by atoms with E-state index in [1.54, 1.807) is 0 Å². The van der Waals surface area contributed by atoms with E-state index in [0.29, 0.717) is 0 Å². The highest BCUT2D eigenvalue weighted by atomic mass is 16.4. The molecule has 0 aromatic rings. The van der Waals surface area contributed by atoms with Gasteiger partial charge in [0.25, 0.3) is 0 Å². The second-order valence-electron chi connectivity index (χ2n) is 2.19. The zero-order chi connectivity index (χ0) is 7.82.